The number of carbonyl (C=O) groups is 1. The third-order valence-electron chi connectivity index (χ3n) is 17.3. The van der Waals surface area contributed by atoms with Crippen molar-refractivity contribution in [2.75, 3.05) is 26.4 Å². The Morgan fingerprint density at radius 3 is 2.07 bits per heavy atom. The van der Waals surface area contributed by atoms with Crippen molar-refractivity contribution < 1.29 is 83.5 Å². The fourth-order valence-corrected chi connectivity index (χ4v) is 13.8. The number of Topliss-reactive ketones (excluding diaryl/α,β-unsaturated/α-hetero) is 1. The van der Waals surface area contributed by atoms with Gasteiger partial charge in [0.1, 0.15) is 66.8 Å². The minimum absolute atomic E-state index is 0.0760. The molecule has 25 atom stereocenters. The second-order valence-electron chi connectivity index (χ2n) is 20.6. The number of carbonyl (C=O) groups excluding carboxylic acids is 1. The first-order chi connectivity index (χ1) is 28.5. The number of aliphatic hydroxyl groups excluding tert-OH is 8. The summed E-state index contributed by atoms with van der Waals surface area (Å²) < 4.78 is 48.5. The fraction of sp³-hybridized carbons (Fsp3) is 0.977. The fourth-order valence-electron chi connectivity index (χ4n) is 13.8. The lowest BCUT2D eigenvalue weighted by Crippen LogP contribution is -2.64. The molecule has 5 aliphatic heterocycles. The third kappa shape index (κ3) is 7.26. The number of ketones is 1. The van der Waals surface area contributed by atoms with Crippen LogP contribution in [-0.2, 0) is 42.7 Å². The van der Waals surface area contributed by atoms with Gasteiger partial charge in [-0.25, -0.2) is 0 Å². The van der Waals surface area contributed by atoms with Crippen molar-refractivity contribution in [1.29, 1.82) is 0 Å². The van der Waals surface area contributed by atoms with Gasteiger partial charge in [0.15, 0.2) is 24.7 Å². The minimum Gasteiger partial charge on any atom is -0.388 e. The Balaban J connectivity index is 0.871. The highest BCUT2D eigenvalue weighted by Crippen LogP contribution is 2.71. The highest BCUT2D eigenvalue weighted by atomic mass is 16.8. The molecule has 0 aromatic carbocycles. The Morgan fingerprint density at radius 1 is 0.700 bits per heavy atom. The average molecular weight is 857 g/mol. The van der Waals surface area contributed by atoms with Crippen LogP contribution in [0.4, 0.5) is 0 Å². The molecule has 0 bridgehead atoms. The molecule has 8 N–H and O–H groups in total. The predicted molar refractivity (Wildman–Crippen MR) is 204 cm³/mol. The van der Waals surface area contributed by atoms with Gasteiger partial charge in [-0.2, -0.15) is 0 Å². The van der Waals surface area contributed by atoms with Crippen molar-refractivity contribution in [1.82, 2.24) is 0 Å². The van der Waals surface area contributed by atoms with Crippen LogP contribution in [0.1, 0.15) is 85.5 Å². The number of hydrogen-bond acceptors (Lipinski definition) is 17. The van der Waals surface area contributed by atoms with Crippen molar-refractivity contribution in [3.8, 4) is 0 Å². The van der Waals surface area contributed by atoms with Crippen LogP contribution in [0.5, 0.6) is 0 Å². The Kier molecular flexibility index (Phi) is 12.1. The van der Waals surface area contributed by atoms with Gasteiger partial charge in [0, 0.05) is 24.7 Å². The summed E-state index contributed by atoms with van der Waals surface area (Å²) in [6, 6.07) is 0. The first-order valence-electron chi connectivity index (χ1n) is 22.6. The van der Waals surface area contributed by atoms with Gasteiger partial charge in [-0.05, 0) is 85.4 Å². The third-order valence-corrected chi connectivity index (χ3v) is 17.3. The molecule has 8 unspecified atom stereocenters. The second kappa shape index (κ2) is 16.5. The van der Waals surface area contributed by atoms with Gasteiger partial charge < -0.3 is 78.7 Å². The van der Waals surface area contributed by atoms with Crippen LogP contribution in [0.25, 0.3) is 0 Å². The molecular weight excluding hydrogens is 788 g/mol. The molecule has 5 heterocycles. The number of rotatable bonds is 7. The van der Waals surface area contributed by atoms with E-state index in [4.69, 9.17) is 37.9 Å². The molecule has 17 nitrogen and oxygen atoms in total. The van der Waals surface area contributed by atoms with E-state index >= 15 is 0 Å². The summed E-state index contributed by atoms with van der Waals surface area (Å²) in [4.78, 5) is 14.4. The van der Waals surface area contributed by atoms with Crippen LogP contribution in [0.2, 0.25) is 0 Å². The molecular formula is C43H68O17. The van der Waals surface area contributed by atoms with Gasteiger partial charge in [-0.3, -0.25) is 4.79 Å². The largest absolute Gasteiger partial charge is 0.388 e. The van der Waals surface area contributed by atoms with E-state index in [0.717, 1.165) is 45.1 Å². The van der Waals surface area contributed by atoms with Crippen molar-refractivity contribution in [2.24, 2.45) is 52.3 Å². The maximum absolute atomic E-state index is 14.4. The van der Waals surface area contributed by atoms with Crippen molar-refractivity contribution in [3.63, 3.8) is 0 Å². The molecule has 9 rings (SSSR count). The molecule has 0 aromatic rings. The van der Waals surface area contributed by atoms with Gasteiger partial charge in [0.2, 0.25) is 0 Å². The summed E-state index contributed by atoms with van der Waals surface area (Å²) in [5, 5.41) is 84.3. The van der Waals surface area contributed by atoms with E-state index < -0.39 is 98.4 Å². The van der Waals surface area contributed by atoms with Gasteiger partial charge in [0.05, 0.1) is 38.6 Å². The molecule has 4 aliphatic carbocycles. The van der Waals surface area contributed by atoms with Crippen molar-refractivity contribution in [2.45, 2.75) is 183 Å². The van der Waals surface area contributed by atoms with Crippen LogP contribution < -0.4 is 0 Å². The van der Waals surface area contributed by atoms with E-state index in [-0.39, 0.29) is 47.8 Å². The summed E-state index contributed by atoms with van der Waals surface area (Å²) in [6.45, 7) is 8.90. The molecule has 342 valence electrons. The van der Waals surface area contributed by atoms with Crippen LogP contribution in [-0.4, -0.2) is 171 Å². The number of aliphatic hydroxyl groups is 8. The van der Waals surface area contributed by atoms with Crippen LogP contribution in [0, 0.1) is 52.3 Å². The summed E-state index contributed by atoms with van der Waals surface area (Å²) in [5.74, 6) is 1.79. The van der Waals surface area contributed by atoms with E-state index in [0.29, 0.717) is 48.9 Å². The normalized spacial score (nSPS) is 58.0. The Morgan fingerprint density at radius 2 is 1.37 bits per heavy atom. The topological polar surface area (TPSA) is 253 Å². The monoisotopic (exact) mass is 856 g/mol. The standard InChI is InChI=1S/C43H68O17/c1-18-5-10-43(56-14-18)19(2)30-28(60-43)13-23-21-12-25(44)24-11-20(6-8-41(24,3)22(21)7-9-42(23,30)4)57-40-36(52)33(49)37(59-39-35(51)32(48)27(46)16-54-39)29(58-40)17-55-38-34(50)31(47)26(45)15-53-38/h18-24,26-40,45-52H,5-17H2,1-4H3/t18?,19?,20-,21?,22?,23?,24?,26-,27+,28?,29+,30?,31-,32-,33+,34+,35+,36+,37+,38-,39-,40+,41+,42-,43+/m0/s1. The van der Waals surface area contributed by atoms with Gasteiger partial charge in [-0.15, -0.1) is 0 Å². The van der Waals surface area contributed by atoms with E-state index in [2.05, 4.69) is 27.7 Å². The van der Waals surface area contributed by atoms with Crippen LogP contribution in [0.3, 0.4) is 0 Å². The van der Waals surface area contributed by atoms with Gasteiger partial charge in [0.25, 0.3) is 0 Å². The Hall–Kier alpha value is -0.970. The SMILES string of the molecule is CC1CC[C@@]2(OC1)OC1CC3C4CC(=O)C5C[C@@H](O[C@@H]6O[C@H](CO[C@@H]7OC[C@H](O)[C@H](O)[C@H]7O)[C@@H](O[C@@H]7OC[C@@H](O)[C@H](O)[C@H]7O)[C@H](O)[C@H]6O)CC[C@]5(C)C4CC[C@]3(C)C1C2C. The first-order valence-corrected chi connectivity index (χ1v) is 22.6. The summed E-state index contributed by atoms with van der Waals surface area (Å²) in [5.41, 5.74) is -0.152. The average Bonchev–Trinajstić information content (AvgIpc) is 3.67. The molecule has 0 radical (unpaired) electrons. The van der Waals surface area contributed by atoms with E-state index in [9.17, 15) is 45.6 Å². The van der Waals surface area contributed by atoms with E-state index in [1.165, 1.54) is 0 Å². The lowest BCUT2D eigenvalue weighted by Gasteiger charge is -2.60. The smallest absolute Gasteiger partial charge is 0.186 e. The number of ether oxygens (including phenoxy) is 8. The predicted octanol–water partition coefficient (Wildman–Crippen LogP) is -0.276. The molecule has 60 heavy (non-hydrogen) atoms. The molecule has 0 amide bonds. The maximum Gasteiger partial charge on any atom is 0.186 e. The van der Waals surface area contributed by atoms with E-state index in [1.807, 2.05) is 0 Å². The van der Waals surface area contributed by atoms with Crippen molar-refractivity contribution in [3.05, 3.63) is 0 Å². The molecule has 0 aromatic heterocycles. The van der Waals surface area contributed by atoms with Crippen LogP contribution in [0.15, 0.2) is 0 Å². The van der Waals surface area contributed by atoms with Crippen LogP contribution >= 0.6 is 0 Å². The Labute approximate surface area is 350 Å². The van der Waals surface area contributed by atoms with Crippen molar-refractivity contribution >= 4 is 5.78 Å². The maximum atomic E-state index is 14.4. The summed E-state index contributed by atoms with van der Waals surface area (Å²) >= 11 is 0. The van der Waals surface area contributed by atoms with Gasteiger partial charge in [-0.1, -0.05) is 27.7 Å². The molecule has 9 fully saturated rings. The second-order valence-corrected chi connectivity index (χ2v) is 20.6. The summed E-state index contributed by atoms with van der Waals surface area (Å²) in [6.07, 6.45) is -12.5. The lowest BCUT2D eigenvalue weighted by molar-refractivity contribution is -0.361. The molecule has 1 spiro atoms. The lowest BCUT2D eigenvalue weighted by atomic mass is 9.44. The molecule has 17 heteroatoms. The zero-order valence-electron chi connectivity index (χ0n) is 35.1. The molecule has 5 saturated heterocycles. The molecule has 9 aliphatic rings. The molecule has 4 saturated carbocycles. The number of hydrogen-bond donors (Lipinski definition) is 8. The zero-order chi connectivity index (χ0) is 42.6. The van der Waals surface area contributed by atoms with E-state index in [1.54, 1.807) is 0 Å². The Bertz CT molecular complexity index is 1550. The summed E-state index contributed by atoms with van der Waals surface area (Å²) in [7, 11) is 0. The highest BCUT2D eigenvalue weighted by molar-refractivity contribution is 5.83. The number of fused-ring (bicyclic) bond motifs is 7. The quantitative estimate of drug-likeness (QED) is 0.153. The zero-order valence-corrected chi connectivity index (χ0v) is 35.1. The first kappa shape index (κ1) is 44.2. The van der Waals surface area contributed by atoms with Gasteiger partial charge >= 0.3 is 0 Å². The highest BCUT2D eigenvalue weighted by Gasteiger charge is 2.70. The minimum atomic E-state index is -1.71.